The molecule has 0 atom stereocenters. The standard InChI is InChI=1S/C28H38N2O4/c1-32-25-18-24(19-26(33-2)27(25)34-21-23-12-7-4-8-13-23)28(31)30-15-9-14-29(16-17-30)20-22-10-5-3-6-11-22/h4,7-8,12-13,18-19,22H,3,5-6,9-11,14-17,20-21H2,1-2H3. The maximum absolute atomic E-state index is 13.4. The van der Waals surface area contributed by atoms with Crippen LogP contribution in [0.4, 0.5) is 0 Å². The zero-order valence-corrected chi connectivity index (χ0v) is 20.6. The number of methoxy groups -OCH3 is 2. The molecule has 0 aromatic heterocycles. The van der Waals surface area contributed by atoms with Crippen molar-refractivity contribution in [3.63, 3.8) is 0 Å². The van der Waals surface area contributed by atoms with Gasteiger partial charge in [0.25, 0.3) is 5.91 Å². The first-order valence-corrected chi connectivity index (χ1v) is 12.6. The molecule has 1 saturated heterocycles. The van der Waals surface area contributed by atoms with Crippen molar-refractivity contribution in [1.82, 2.24) is 9.80 Å². The summed E-state index contributed by atoms with van der Waals surface area (Å²) in [5.74, 6) is 2.37. The Morgan fingerprint density at radius 1 is 0.882 bits per heavy atom. The molecule has 184 valence electrons. The molecule has 1 aliphatic carbocycles. The van der Waals surface area contributed by atoms with E-state index in [4.69, 9.17) is 14.2 Å². The molecule has 2 aromatic carbocycles. The topological polar surface area (TPSA) is 51.2 Å². The van der Waals surface area contributed by atoms with Gasteiger partial charge >= 0.3 is 0 Å². The van der Waals surface area contributed by atoms with Crippen LogP contribution in [0, 0.1) is 5.92 Å². The van der Waals surface area contributed by atoms with Crippen LogP contribution in [0.15, 0.2) is 42.5 Å². The van der Waals surface area contributed by atoms with Gasteiger partial charge in [0, 0.05) is 31.7 Å². The first-order chi connectivity index (χ1) is 16.7. The zero-order valence-electron chi connectivity index (χ0n) is 20.6. The quantitative estimate of drug-likeness (QED) is 0.547. The molecule has 6 nitrogen and oxygen atoms in total. The lowest BCUT2D eigenvalue weighted by Crippen LogP contribution is -2.37. The van der Waals surface area contributed by atoms with Gasteiger partial charge in [-0.25, -0.2) is 0 Å². The van der Waals surface area contributed by atoms with Gasteiger partial charge in [-0.2, -0.15) is 0 Å². The third kappa shape index (κ3) is 6.23. The van der Waals surface area contributed by atoms with Crippen LogP contribution in [0.1, 0.15) is 54.4 Å². The minimum atomic E-state index is 0.0192. The number of ether oxygens (including phenoxy) is 3. The minimum absolute atomic E-state index is 0.0192. The smallest absolute Gasteiger partial charge is 0.254 e. The molecule has 2 aliphatic rings. The minimum Gasteiger partial charge on any atom is -0.493 e. The van der Waals surface area contributed by atoms with Crippen molar-refractivity contribution in [3.05, 3.63) is 53.6 Å². The Kier molecular flexibility index (Phi) is 8.69. The second-order valence-electron chi connectivity index (χ2n) is 9.43. The Labute approximate surface area is 203 Å². The fraction of sp³-hybridized carbons (Fsp3) is 0.536. The molecule has 0 spiro atoms. The van der Waals surface area contributed by atoms with Crippen LogP contribution in [-0.4, -0.2) is 62.7 Å². The van der Waals surface area contributed by atoms with Gasteiger partial charge in [0.1, 0.15) is 6.61 Å². The van der Waals surface area contributed by atoms with E-state index in [1.807, 2.05) is 35.2 Å². The summed E-state index contributed by atoms with van der Waals surface area (Å²) in [7, 11) is 3.18. The predicted octanol–water partition coefficient (Wildman–Crippen LogP) is 5.01. The third-order valence-electron chi connectivity index (χ3n) is 7.05. The maximum Gasteiger partial charge on any atom is 0.254 e. The highest BCUT2D eigenvalue weighted by Crippen LogP contribution is 2.39. The van der Waals surface area contributed by atoms with Gasteiger partial charge in [-0.1, -0.05) is 49.6 Å². The first kappa shape index (κ1) is 24.4. The average Bonchev–Trinajstić information content (AvgIpc) is 3.13. The number of carbonyl (C=O) groups is 1. The van der Waals surface area contributed by atoms with Crippen LogP contribution in [0.3, 0.4) is 0 Å². The number of carbonyl (C=O) groups excluding carboxylic acids is 1. The lowest BCUT2D eigenvalue weighted by molar-refractivity contribution is 0.0759. The zero-order chi connectivity index (χ0) is 23.8. The Morgan fingerprint density at radius 3 is 2.26 bits per heavy atom. The summed E-state index contributed by atoms with van der Waals surface area (Å²) in [5.41, 5.74) is 1.62. The second-order valence-corrected chi connectivity index (χ2v) is 9.43. The van der Waals surface area contributed by atoms with E-state index in [9.17, 15) is 4.79 Å². The van der Waals surface area contributed by atoms with Crippen LogP contribution >= 0.6 is 0 Å². The summed E-state index contributed by atoms with van der Waals surface area (Å²) in [5, 5.41) is 0. The van der Waals surface area contributed by atoms with E-state index in [1.165, 1.54) is 38.6 Å². The van der Waals surface area contributed by atoms with Gasteiger partial charge in [0.2, 0.25) is 5.75 Å². The average molecular weight is 467 g/mol. The van der Waals surface area contributed by atoms with Gasteiger partial charge in [-0.3, -0.25) is 4.79 Å². The van der Waals surface area contributed by atoms with Crippen molar-refractivity contribution in [1.29, 1.82) is 0 Å². The van der Waals surface area contributed by atoms with Crippen molar-refractivity contribution < 1.29 is 19.0 Å². The van der Waals surface area contributed by atoms with Crippen LogP contribution in [-0.2, 0) is 6.61 Å². The molecule has 1 amide bonds. The van der Waals surface area contributed by atoms with Crippen molar-refractivity contribution in [2.24, 2.45) is 5.92 Å². The molecule has 0 radical (unpaired) electrons. The van der Waals surface area contributed by atoms with Crippen molar-refractivity contribution in [3.8, 4) is 17.2 Å². The highest BCUT2D eigenvalue weighted by Gasteiger charge is 2.25. The molecule has 1 heterocycles. The van der Waals surface area contributed by atoms with E-state index < -0.39 is 0 Å². The molecule has 1 aliphatic heterocycles. The maximum atomic E-state index is 13.4. The molecule has 2 aromatic rings. The fourth-order valence-corrected chi connectivity index (χ4v) is 5.15. The Hall–Kier alpha value is -2.73. The third-order valence-corrected chi connectivity index (χ3v) is 7.05. The lowest BCUT2D eigenvalue weighted by Gasteiger charge is -2.29. The number of nitrogens with zero attached hydrogens (tertiary/aromatic N) is 2. The van der Waals surface area contributed by atoms with Crippen LogP contribution in [0.2, 0.25) is 0 Å². The molecule has 0 unspecified atom stereocenters. The van der Waals surface area contributed by atoms with Crippen molar-refractivity contribution >= 4 is 5.91 Å². The summed E-state index contributed by atoms with van der Waals surface area (Å²) in [4.78, 5) is 18.0. The summed E-state index contributed by atoms with van der Waals surface area (Å²) in [6.45, 7) is 5.11. The highest BCUT2D eigenvalue weighted by molar-refractivity contribution is 5.95. The number of amides is 1. The van der Waals surface area contributed by atoms with Crippen LogP contribution in [0.5, 0.6) is 17.2 Å². The monoisotopic (exact) mass is 466 g/mol. The van der Waals surface area contributed by atoms with E-state index in [1.54, 1.807) is 26.4 Å². The summed E-state index contributed by atoms with van der Waals surface area (Å²) < 4.78 is 17.2. The molecular weight excluding hydrogens is 428 g/mol. The van der Waals surface area contributed by atoms with Crippen LogP contribution in [0.25, 0.3) is 0 Å². The molecule has 34 heavy (non-hydrogen) atoms. The van der Waals surface area contributed by atoms with Crippen LogP contribution < -0.4 is 14.2 Å². The predicted molar refractivity (Wildman–Crippen MR) is 134 cm³/mol. The van der Waals surface area contributed by atoms with Gasteiger partial charge in [-0.05, 0) is 49.4 Å². The summed E-state index contributed by atoms with van der Waals surface area (Å²) >= 11 is 0. The van der Waals surface area contributed by atoms with Crippen molar-refractivity contribution in [2.45, 2.75) is 45.1 Å². The first-order valence-electron chi connectivity index (χ1n) is 12.6. The fourth-order valence-electron chi connectivity index (χ4n) is 5.15. The molecule has 2 fully saturated rings. The largest absolute Gasteiger partial charge is 0.493 e. The summed E-state index contributed by atoms with van der Waals surface area (Å²) in [6, 6.07) is 13.5. The van der Waals surface area contributed by atoms with Crippen molar-refractivity contribution in [2.75, 3.05) is 46.9 Å². The molecule has 6 heteroatoms. The Bertz CT molecular complexity index is 902. The van der Waals surface area contributed by atoms with Gasteiger partial charge < -0.3 is 24.0 Å². The van der Waals surface area contributed by atoms with E-state index in [0.29, 0.717) is 29.4 Å². The lowest BCUT2D eigenvalue weighted by atomic mass is 9.89. The normalized spacial score (nSPS) is 17.8. The van der Waals surface area contributed by atoms with Gasteiger partial charge in [-0.15, -0.1) is 0 Å². The number of hydrogen-bond donors (Lipinski definition) is 0. The highest BCUT2D eigenvalue weighted by atomic mass is 16.5. The molecule has 0 bridgehead atoms. The Balaban J connectivity index is 1.42. The van der Waals surface area contributed by atoms with E-state index >= 15 is 0 Å². The number of benzene rings is 2. The molecule has 1 saturated carbocycles. The van der Waals surface area contributed by atoms with E-state index in [-0.39, 0.29) is 5.91 Å². The Morgan fingerprint density at radius 2 is 1.59 bits per heavy atom. The summed E-state index contributed by atoms with van der Waals surface area (Å²) in [6.07, 6.45) is 7.86. The number of hydrogen-bond acceptors (Lipinski definition) is 5. The SMILES string of the molecule is COc1cc(C(=O)N2CCCN(CC3CCCCC3)CC2)cc(OC)c1OCc1ccccc1. The second kappa shape index (κ2) is 12.1. The molecule has 4 rings (SSSR count). The van der Waals surface area contributed by atoms with Gasteiger partial charge in [0.15, 0.2) is 11.5 Å². The molecule has 0 N–H and O–H groups in total. The van der Waals surface area contributed by atoms with Gasteiger partial charge in [0.05, 0.1) is 14.2 Å². The van der Waals surface area contributed by atoms with E-state index in [0.717, 1.165) is 44.1 Å². The molecular formula is C28H38N2O4. The van der Waals surface area contributed by atoms with E-state index in [2.05, 4.69) is 4.90 Å². The number of rotatable bonds is 8.